The number of hydrogen-bond acceptors (Lipinski definition) is 3. The molecule has 1 aliphatic rings. The number of nitrogens with one attached hydrogen (secondary N) is 1. The highest BCUT2D eigenvalue weighted by Crippen LogP contribution is 2.19. The van der Waals surface area contributed by atoms with E-state index in [4.69, 9.17) is 11.2 Å². The Labute approximate surface area is 109 Å². The van der Waals surface area contributed by atoms with Crippen LogP contribution in [0.3, 0.4) is 0 Å². The average molecular weight is 253 g/mol. The molecule has 1 aromatic rings. The first-order valence-electron chi connectivity index (χ1n) is 5.52. The maximum Gasteiger partial charge on any atom is 0.148 e. The van der Waals surface area contributed by atoms with Gasteiger partial charge in [0, 0.05) is 31.9 Å². The molecule has 0 saturated carbocycles. The summed E-state index contributed by atoms with van der Waals surface area (Å²) in [6, 6.07) is 8.09. The molecule has 92 valence electrons. The molecule has 3 nitrogen and oxygen atoms in total. The zero-order valence-electron chi connectivity index (χ0n) is 9.69. The summed E-state index contributed by atoms with van der Waals surface area (Å²) >= 11 is 0. The lowest BCUT2D eigenvalue weighted by molar-refractivity contribution is 0.370. The smallest absolute Gasteiger partial charge is 0.148 e. The molecule has 2 rings (SSSR count). The van der Waals surface area contributed by atoms with Crippen molar-refractivity contribution >= 4 is 18.1 Å². The molecule has 0 spiro atoms. The zero-order valence-corrected chi connectivity index (χ0v) is 10.5. The fourth-order valence-electron chi connectivity index (χ4n) is 1.80. The van der Waals surface area contributed by atoms with Gasteiger partial charge in [0.25, 0.3) is 0 Å². The number of terminal acetylenes is 1. The van der Waals surface area contributed by atoms with E-state index in [1.807, 2.05) is 12.1 Å². The maximum absolute atomic E-state index is 5.33. The molecule has 1 aliphatic heterocycles. The highest BCUT2D eigenvalue weighted by Gasteiger charge is 2.09. The van der Waals surface area contributed by atoms with E-state index in [1.54, 1.807) is 0 Å². The second-order valence-corrected chi connectivity index (χ2v) is 3.72. The van der Waals surface area contributed by atoms with Gasteiger partial charge in [0.1, 0.15) is 12.4 Å². The molecule has 1 saturated heterocycles. The Hall–Kier alpha value is -1.37. The normalized spacial score (nSPS) is 14.6. The monoisotopic (exact) mass is 252 g/mol. The first kappa shape index (κ1) is 13.7. The molecule has 1 fully saturated rings. The van der Waals surface area contributed by atoms with Gasteiger partial charge >= 0.3 is 0 Å². The summed E-state index contributed by atoms with van der Waals surface area (Å²) in [7, 11) is 0. The Morgan fingerprint density at radius 2 is 1.88 bits per heavy atom. The Bertz CT molecular complexity index is 366. The van der Waals surface area contributed by atoms with Gasteiger partial charge in [0.05, 0.1) is 0 Å². The van der Waals surface area contributed by atoms with Gasteiger partial charge < -0.3 is 15.0 Å². The van der Waals surface area contributed by atoms with Gasteiger partial charge in [-0.2, -0.15) is 0 Å². The van der Waals surface area contributed by atoms with Crippen molar-refractivity contribution in [1.29, 1.82) is 0 Å². The zero-order chi connectivity index (χ0) is 11.2. The van der Waals surface area contributed by atoms with Crippen LogP contribution in [0.1, 0.15) is 0 Å². The molecular weight excluding hydrogens is 236 g/mol. The van der Waals surface area contributed by atoms with E-state index in [1.165, 1.54) is 5.69 Å². The number of ether oxygens (including phenoxy) is 1. The summed E-state index contributed by atoms with van der Waals surface area (Å²) in [5.41, 5.74) is 1.24. The van der Waals surface area contributed by atoms with E-state index < -0.39 is 0 Å². The Balaban J connectivity index is 0.00000144. The Morgan fingerprint density at radius 1 is 1.24 bits per heavy atom. The molecule has 0 amide bonds. The van der Waals surface area contributed by atoms with Crippen LogP contribution in [0.4, 0.5) is 5.69 Å². The molecule has 17 heavy (non-hydrogen) atoms. The quantitative estimate of drug-likeness (QED) is 0.826. The lowest BCUT2D eigenvalue weighted by Crippen LogP contribution is -2.43. The molecule has 0 aromatic heterocycles. The van der Waals surface area contributed by atoms with E-state index >= 15 is 0 Å². The molecule has 0 aliphatic carbocycles. The number of hydrogen-bond donors (Lipinski definition) is 1. The number of halogens is 1. The van der Waals surface area contributed by atoms with Crippen LogP contribution in [-0.2, 0) is 0 Å². The van der Waals surface area contributed by atoms with Gasteiger partial charge in [0.2, 0.25) is 0 Å². The van der Waals surface area contributed by atoms with E-state index in [9.17, 15) is 0 Å². The van der Waals surface area contributed by atoms with Crippen LogP contribution >= 0.6 is 12.4 Å². The van der Waals surface area contributed by atoms with Gasteiger partial charge in [-0.05, 0) is 24.3 Å². The van der Waals surface area contributed by atoms with Crippen molar-refractivity contribution in [3.63, 3.8) is 0 Å². The molecule has 1 N–H and O–H groups in total. The van der Waals surface area contributed by atoms with Gasteiger partial charge in [-0.15, -0.1) is 18.8 Å². The Kier molecular flexibility index (Phi) is 5.68. The predicted molar refractivity (Wildman–Crippen MR) is 73.1 cm³/mol. The van der Waals surface area contributed by atoms with E-state index in [0.717, 1.165) is 31.9 Å². The maximum atomic E-state index is 5.33. The third-order valence-corrected chi connectivity index (χ3v) is 2.64. The van der Waals surface area contributed by atoms with Crippen molar-refractivity contribution in [2.75, 3.05) is 37.7 Å². The van der Waals surface area contributed by atoms with Crippen LogP contribution in [0, 0.1) is 12.3 Å². The molecule has 0 unspecified atom stereocenters. The van der Waals surface area contributed by atoms with E-state index in [2.05, 4.69) is 28.3 Å². The van der Waals surface area contributed by atoms with Gasteiger partial charge in [-0.3, -0.25) is 0 Å². The second-order valence-electron chi connectivity index (χ2n) is 3.72. The summed E-state index contributed by atoms with van der Waals surface area (Å²) in [4.78, 5) is 2.36. The number of rotatable bonds is 3. The second kappa shape index (κ2) is 7.05. The highest BCUT2D eigenvalue weighted by molar-refractivity contribution is 5.85. The first-order valence-corrected chi connectivity index (χ1v) is 5.52. The number of piperazine rings is 1. The Morgan fingerprint density at radius 3 is 2.47 bits per heavy atom. The van der Waals surface area contributed by atoms with E-state index in [-0.39, 0.29) is 12.4 Å². The van der Waals surface area contributed by atoms with Crippen molar-refractivity contribution in [2.24, 2.45) is 0 Å². The van der Waals surface area contributed by atoms with Crippen molar-refractivity contribution < 1.29 is 4.74 Å². The largest absolute Gasteiger partial charge is 0.481 e. The number of anilines is 1. The average Bonchev–Trinajstić information content (AvgIpc) is 2.38. The van der Waals surface area contributed by atoms with Crippen LogP contribution in [0.5, 0.6) is 5.75 Å². The minimum absolute atomic E-state index is 0. The van der Waals surface area contributed by atoms with Crippen LogP contribution in [0.25, 0.3) is 0 Å². The van der Waals surface area contributed by atoms with Crippen LogP contribution in [-0.4, -0.2) is 32.8 Å². The third kappa shape index (κ3) is 3.85. The third-order valence-electron chi connectivity index (χ3n) is 2.64. The minimum Gasteiger partial charge on any atom is -0.481 e. The van der Waals surface area contributed by atoms with Crippen LogP contribution < -0.4 is 15.0 Å². The molecule has 1 heterocycles. The lowest BCUT2D eigenvalue weighted by atomic mass is 10.2. The van der Waals surface area contributed by atoms with Crippen LogP contribution in [0.2, 0.25) is 0 Å². The van der Waals surface area contributed by atoms with Crippen molar-refractivity contribution in [1.82, 2.24) is 5.32 Å². The van der Waals surface area contributed by atoms with E-state index in [0.29, 0.717) is 6.61 Å². The first-order chi connectivity index (χ1) is 7.90. The predicted octanol–water partition coefficient (Wildman–Crippen LogP) is 1.53. The number of nitrogens with zero attached hydrogens (tertiary/aromatic N) is 1. The van der Waals surface area contributed by atoms with Crippen molar-refractivity contribution in [2.45, 2.75) is 0 Å². The summed E-state index contributed by atoms with van der Waals surface area (Å²) in [6.45, 7) is 4.55. The molecule has 1 aromatic carbocycles. The SMILES string of the molecule is C#CCOc1ccc(N2CCNCC2)cc1.Cl. The fourth-order valence-corrected chi connectivity index (χ4v) is 1.80. The molecule has 4 heteroatoms. The van der Waals surface area contributed by atoms with Crippen molar-refractivity contribution in [3.8, 4) is 18.1 Å². The van der Waals surface area contributed by atoms with Gasteiger partial charge in [-0.25, -0.2) is 0 Å². The standard InChI is InChI=1S/C13H16N2O.ClH/c1-2-11-16-13-5-3-12(4-6-13)15-9-7-14-8-10-15;/h1,3-6,14H,7-11H2;1H. The summed E-state index contributed by atoms with van der Waals surface area (Å²) < 4.78 is 5.33. The molecule has 0 radical (unpaired) electrons. The summed E-state index contributed by atoms with van der Waals surface area (Å²) in [5.74, 6) is 3.28. The van der Waals surface area contributed by atoms with Gasteiger partial charge in [-0.1, -0.05) is 5.92 Å². The molecular formula is C13H17ClN2O. The summed E-state index contributed by atoms with van der Waals surface area (Å²) in [6.07, 6.45) is 5.13. The minimum atomic E-state index is 0. The van der Waals surface area contributed by atoms with Crippen LogP contribution in [0.15, 0.2) is 24.3 Å². The topological polar surface area (TPSA) is 24.5 Å². The fraction of sp³-hybridized carbons (Fsp3) is 0.385. The number of benzene rings is 1. The van der Waals surface area contributed by atoms with Gasteiger partial charge in [0.15, 0.2) is 0 Å². The van der Waals surface area contributed by atoms with Crippen molar-refractivity contribution in [3.05, 3.63) is 24.3 Å². The highest BCUT2D eigenvalue weighted by atomic mass is 35.5. The summed E-state index contributed by atoms with van der Waals surface area (Å²) in [5, 5.41) is 3.34. The molecule has 0 bridgehead atoms. The lowest BCUT2D eigenvalue weighted by Gasteiger charge is -2.29. The molecule has 0 atom stereocenters.